The smallest absolute Gasteiger partial charge is 0.303 e. The minimum atomic E-state index is -0.772. The Kier molecular flexibility index (Phi) is 3.66. The van der Waals surface area contributed by atoms with E-state index in [-0.39, 0.29) is 12.0 Å². The highest BCUT2D eigenvalue weighted by Gasteiger charge is 2.18. The monoisotopic (exact) mass is 208 g/mol. The van der Waals surface area contributed by atoms with Gasteiger partial charge in [0.05, 0.1) is 0 Å². The zero-order valence-electron chi connectivity index (χ0n) is 9.03. The Morgan fingerprint density at radius 1 is 1.53 bits per heavy atom. The van der Waals surface area contributed by atoms with Gasteiger partial charge in [-0.25, -0.2) is 4.98 Å². The van der Waals surface area contributed by atoms with Crippen LogP contribution >= 0.6 is 0 Å². The van der Waals surface area contributed by atoms with Gasteiger partial charge in [0.2, 0.25) is 0 Å². The van der Waals surface area contributed by atoms with E-state index in [0.717, 1.165) is 5.82 Å². The number of nitrogens with one attached hydrogen (secondary N) is 1. The number of nitrogens with zero attached hydrogens (tertiary/aromatic N) is 1. The third-order valence-electron chi connectivity index (χ3n) is 2.10. The largest absolute Gasteiger partial charge is 0.481 e. The Morgan fingerprint density at radius 2 is 2.27 bits per heavy atom. The van der Waals surface area contributed by atoms with Crippen LogP contribution in [0.2, 0.25) is 0 Å². The van der Waals surface area contributed by atoms with E-state index < -0.39 is 5.97 Å². The molecule has 0 saturated heterocycles. The van der Waals surface area contributed by atoms with Crippen LogP contribution in [-0.4, -0.2) is 21.6 Å². The number of aliphatic carboxylic acids is 1. The molecule has 0 aliphatic carbocycles. The van der Waals surface area contributed by atoms with Crippen molar-refractivity contribution in [3.63, 3.8) is 0 Å². The molecule has 0 aliphatic rings. The Balaban J connectivity index is 2.52. The molecule has 0 atom stereocenters. The second kappa shape index (κ2) is 4.77. The summed E-state index contributed by atoms with van der Waals surface area (Å²) >= 11 is 0. The number of rotatable bonds is 5. The molecule has 4 heteroatoms. The molecule has 0 spiro atoms. The van der Waals surface area contributed by atoms with Crippen LogP contribution in [0.1, 0.15) is 26.7 Å². The van der Waals surface area contributed by atoms with Gasteiger partial charge in [0, 0.05) is 18.2 Å². The molecule has 0 aliphatic heterocycles. The van der Waals surface area contributed by atoms with Crippen molar-refractivity contribution in [2.75, 3.05) is 5.32 Å². The summed E-state index contributed by atoms with van der Waals surface area (Å²) in [4.78, 5) is 14.6. The van der Waals surface area contributed by atoms with Crippen molar-refractivity contribution in [2.24, 2.45) is 0 Å². The molecular formula is C11H16N2O2. The minimum Gasteiger partial charge on any atom is -0.481 e. The van der Waals surface area contributed by atoms with Crippen molar-refractivity contribution in [1.82, 2.24) is 4.98 Å². The lowest BCUT2D eigenvalue weighted by molar-refractivity contribution is -0.137. The van der Waals surface area contributed by atoms with E-state index >= 15 is 0 Å². The van der Waals surface area contributed by atoms with Gasteiger partial charge in [0.25, 0.3) is 0 Å². The van der Waals surface area contributed by atoms with Crippen LogP contribution in [0.4, 0.5) is 5.82 Å². The van der Waals surface area contributed by atoms with E-state index in [1.165, 1.54) is 0 Å². The highest BCUT2D eigenvalue weighted by Crippen LogP contribution is 2.17. The second-order valence-corrected chi connectivity index (χ2v) is 4.12. The average molecular weight is 208 g/mol. The molecule has 1 rings (SSSR count). The summed E-state index contributed by atoms with van der Waals surface area (Å²) in [5, 5.41) is 11.8. The van der Waals surface area contributed by atoms with Crippen LogP contribution in [0.25, 0.3) is 0 Å². The second-order valence-electron chi connectivity index (χ2n) is 4.12. The predicted molar refractivity (Wildman–Crippen MR) is 58.8 cm³/mol. The summed E-state index contributed by atoms with van der Waals surface area (Å²) < 4.78 is 0. The molecule has 1 aromatic heterocycles. The molecule has 0 fully saturated rings. The molecule has 0 bridgehead atoms. The van der Waals surface area contributed by atoms with Crippen LogP contribution in [0.3, 0.4) is 0 Å². The van der Waals surface area contributed by atoms with Crippen molar-refractivity contribution in [3.05, 3.63) is 24.4 Å². The number of carbonyl (C=O) groups is 1. The topological polar surface area (TPSA) is 62.2 Å². The van der Waals surface area contributed by atoms with Crippen LogP contribution in [0.15, 0.2) is 24.4 Å². The summed E-state index contributed by atoms with van der Waals surface area (Å²) in [6.45, 7) is 3.93. The molecule has 4 nitrogen and oxygen atoms in total. The molecule has 15 heavy (non-hydrogen) atoms. The number of hydrogen-bond donors (Lipinski definition) is 2. The number of aromatic nitrogens is 1. The highest BCUT2D eigenvalue weighted by atomic mass is 16.4. The Hall–Kier alpha value is -1.58. The first-order valence-electron chi connectivity index (χ1n) is 4.91. The van der Waals surface area contributed by atoms with Gasteiger partial charge in [-0.15, -0.1) is 0 Å². The SMILES string of the molecule is CC(C)(CCC(=O)O)Nc1ccccn1. The third-order valence-corrected chi connectivity index (χ3v) is 2.10. The third kappa shape index (κ3) is 4.44. The first-order chi connectivity index (χ1) is 6.99. The molecule has 1 aromatic rings. The maximum absolute atomic E-state index is 10.5. The lowest BCUT2D eigenvalue weighted by atomic mass is 9.98. The van der Waals surface area contributed by atoms with Crippen LogP contribution < -0.4 is 5.32 Å². The van der Waals surface area contributed by atoms with Gasteiger partial charge in [0.1, 0.15) is 5.82 Å². The van der Waals surface area contributed by atoms with Crippen molar-refractivity contribution in [1.29, 1.82) is 0 Å². The van der Waals surface area contributed by atoms with Gasteiger partial charge in [0.15, 0.2) is 0 Å². The predicted octanol–water partition coefficient (Wildman–Crippen LogP) is 2.14. The number of anilines is 1. The quantitative estimate of drug-likeness (QED) is 0.778. The molecular weight excluding hydrogens is 192 g/mol. The molecule has 0 aromatic carbocycles. The van der Waals surface area contributed by atoms with E-state index in [9.17, 15) is 4.79 Å². The zero-order valence-corrected chi connectivity index (χ0v) is 9.03. The zero-order chi connectivity index (χ0) is 11.3. The van der Waals surface area contributed by atoms with Gasteiger partial charge in [-0.3, -0.25) is 4.79 Å². The molecule has 0 saturated carbocycles. The van der Waals surface area contributed by atoms with E-state index in [0.29, 0.717) is 6.42 Å². The van der Waals surface area contributed by atoms with E-state index in [4.69, 9.17) is 5.11 Å². The summed E-state index contributed by atoms with van der Waals surface area (Å²) in [6.07, 6.45) is 2.43. The summed E-state index contributed by atoms with van der Waals surface area (Å²) in [5.41, 5.74) is -0.257. The van der Waals surface area contributed by atoms with Gasteiger partial charge in [-0.2, -0.15) is 0 Å². The number of carboxylic acid groups (broad SMARTS) is 1. The fourth-order valence-corrected chi connectivity index (χ4v) is 1.27. The maximum Gasteiger partial charge on any atom is 0.303 e. The van der Waals surface area contributed by atoms with Crippen molar-refractivity contribution in [2.45, 2.75) is 32.2 Å². The fourth-order valence-electron chi connectivity index (χ4n) is 1.27. The Labute approximate surface area is 89.3 Å². The number of pyridine rings is 1. The molecule has 82 valence electrons. The molecule has 0 amide bonds. The number of hydrogen-bond acceptors (Lipinski definition) is 3. The molecule has 1 heterocycles. The normalized spacial score (nSPS) is 11.1. The van der Waals surface area contributed by atoms with Crippen LogP contribution in [0, 0.1) is 0 Å². The van der Waals surface area contributed by atoms with Crippen molar-refractivity contribution < 1.29 is 9.90 Å². The van der Waals surface area contributed by atoms with Gasteiger partial charge >= 0.3 is 5.97 Å². The molecule has 0 radical (unpaired) electrons. The van der Waals surface area contributed by atoms with E-state index in [1.54, 1.807) is 6.20 Å². The van der Waals surface area contributed by atoms with Crippen LogP contribution in [0.5, 0.6) is 0 Å². The first-order valence-corrected chi connectivity index (χ1v) is 4.91. The maximum atomic E-state index is 10.5. The first kappa shape index (κ1) is 11.5. The Morgan fingerprint density at radius 3 is 2.80 bits per heavy atom. The minimum absolute atomic E-state index is 0.160. The van der Waals surface area contributed by atoms with Gasteiger partial charge < -0.3 is 10.4 Å². The lowest BCUT2D eigenvalue weighted by Crippen LogP contribution is -2.31. The van der Waals surface area contributed by atoms with Crippen molar-refractivity contribution in [3.8, 4) is 0 Å². The van der Waals surface area contributed by atoms with E-state index in [2.05, 4.69) is 10.3 Å². The lowest BCUT2D eigenvalue weighted by Gasteiger charge is -2.26. The standard InChI is InChI=1S/C11H16N2O2/c1-11(2,7-6-10(14)15)13-9-5-3-4-8-12-9/h3-5,8H,6-7H2,1-2H3,(H,12,13)(H,14,15). The highest BCUT2D eigenvalue weighted by molar-refractivity contribution is 5.66. The summed E-state index contributed by atoms with van der Waals surface area (Å²) in [7, 11) is 0. The molecule has 0 unspecified atom stereocenters. The van der Waals surface area contributed by atoms with Crippen molar-refractivity contribution >= 4 is 11.8 Å². The van der Waals surface area contributed by atoms with Gasteiger partial charge in [-0.1, -0.05) is 6.07 Å². The van der Waals surface area contributed by atoms with Gasteiger partial charge in [-0.05, 0) is 32.4 Å². The average Bonchev–Trinajstić information content (AvgIpc) is 2.16. The molecule has 2 N–H and O–H groups in total. The van der Waals surface area contributed by atoms with E-state index in [1.807, 2.05) is 32.0 Å². The summed E-state index contributed by atoms with van der Waals surface area (Å²) in [5.74, 6) is -0.00113. The Bertz CT molecular complexity index is 323. The number of carboxylic acids is 1. The summed E-state index contributed by atoms with van der Waals surface area (Å²) in [6, 6.07) is 5.60. The van der Waals surface area contributed by atoms with Crippen LogP contribution in [-0.2, 0) is 4.79 Å². The fraction of sp³-hybridized carbons (Fsp3) is 0.455.